The second-order valence-corrected chi connectivity index (χ2v) is 22.0. The van der Waals surface area contributed by atoms with E-state index in [0.29, 0.717) is 19.3 Å². The number of hydrogen-bond donors (Lipinski definition) is 2. The number of allylic oxidation sites excluding steroid dienone is 4. The van der Waals surface area contributed by atoms with Crippen molar-refractivity contribution in [2.24, 2.45) is 5.41 Å². The number of carbonyl (C=O) groups is 8. The van der Waals surface area contributed by atoms with Crippen LogP contribution in [0.3, 0.4) is 0 Å². The van der Waals surface area contributed by atoms with Gasteiger partial charge in [-0.15, -0.1) is 0 Å². The van der Waals surface area contributed by atoms with Crippen LogP contribution in [0.5, 0.6) is 0 Å². The maximum atomic E-state index is 13.5. The van der Waals surface area contributed by atoms with Crippen molar-refractivity contribution in [3.63, 3.8) is 0 Å². The Morgan fingerprint density at radius 2 is 0.900 bits per heavy atom. The van der Waals surface area contributed by atoms with Crippen molar-refractivity contribution in [3.05, 3.63) is 24.3 Å². The zero-order chi connectivity index (χ0) is 59.0. The van der Waals surface area contributed by atoms with Crippen LogP contribution in [0, 0.1) is 5.41 Å². The molecule has 0 aliphatic heterocycles. The Morgan fingerprint density at radius 3 is 1.43 bits per heavy atom. The molecule has 0 aliphatic carbocycles. The number of amides is 2. The van der Waals surface area contributed by atoms with Crippen molar-refractivity contribution in [2.75, 3.05) is 60.3 Å². The van der Waals surface area contributed by atoms with E-state index in [1.165, 1.54) is 91.1 Å². The molecule has 0 saturated carbocycles. The fourth-order valence-corrected chi connectivity index (χ4v) is 9.16. The van der Waals surface area contributed by atoms with Crippen LogP contribution >= 0.6 is 0 Å². The Balaban J connectivity index is 5.20. The second-order valence-electron chi connectivity index (χ2n) is 22.0. The Bertz CT molecular complexity index is 1660. The van der Waals surface area contributed by atoms with Crippen LogP contribution in [-0.2, 0) is 62.0 Å². The highest BCUT2D eigenvalue weighted by atomic mass is 16.6. The molecular formula is C65H114N2O13. The maximum Gasteiger partial charge on any atom is 0.306 e. The topological polar surface area (TPSA) is 207 Å². The quantitative estimate of drug-likeness (QED) is 0.0331. The Morgan fingerprint density at radius 1 is 0.425 bits per heavy atom. The van der Waals surface area contributed by atoms with Crippen molar-refractivity contribution in [2.45, 2.75) is 277 Å². The molecule has 0 rings (SSSR count). The molecule has 2 atom stereocenters. The molecule has 0 saturated heterocycles. The third kappa shape index (κ3) is 49.7. The highest BCUT2D eigenvalue weighted by Gasteiger charge is 2.34. The molecule has 0 radical (unpaired) electrons. The van der Waals surface area contributed by atoms with Crippen molar-refractivity contribution in [1.82, 2.24) is 10.6 Å². The molecule has 15 nitrogen and oxygen atoms in total. The van der Waals surface area contributed by atoms with Crippen molar-refractivity contribution >= 4 is 46.9 Å². The Kier molecular flexibility index (Phi) is 52.6. The van der Waals surface area contributed by atoms with Crippen molar-refractivity contribution in [1.29, 1.82) is 0 Å². The van der Waals surface area contributed by atoms with Crippen LogP contribution in [0.2, 0.25) is 0 Å². The summed E-state index contributed by atoms with van der Waals surface area (Å²) in [4.78, 5) is 101. The summed E-state index contributed by atoms with van der Waals surface area (Å²) in [6.45, 7) is 5.90. The molecule has 0 aromatic carbocycles. The van der Waals surface area contributed by atoms with Gasteiger partial charge >= 0.3 is 11.9 Å². The normalized spacial score (nSPS) is 12.6. The summed E-state index contributed by atoms with van der Waals surface area (Å²) in [5.74, 6) is -1.87. The van der Waals surface area contributed by atoms with E-state index in [9.17, 15) is 38.4 Å². The van der Waals surface area contributed by atoms with E-state index in [1.807, 2.05) is 0 Å². The summed E-state index contributed by atoms with van der Waals surface area (Å²) in [6, 6.07) is 0. The number of esters is 2. The molecule has 15 heteroatoms. The Labute approximate surface area is 485 Å². The van der Waals surface area contributed by atoms with E-state index in [-0.39, 0.29) is 164 Å². The lowest BCUT2D eigenvalue weighted by Gasteiger charge is -2.33. The molecular weight excluding hydrogens is 1020 g/mol. The van der Waals surface area contributed by atoms with E-state index in [2.05, 4.69) is 48.8 Å². The van der Waals surface area contributed by atoms with Gasteiger partial charge in [0.25, 0.3) is 0 Å². The summed E-state index contributed by atoms with van der Waals surface area (Å²) in [6.07, 6.45) is 40.5. The highest BCUT2D eigenvalue weighted by Crippen LogP contribution is 2.30. The lowest BCUT2D eigenvalue weighted by atomic mass is 9.80. The minimum Gasteiger partial charge on any atom is -0.462 e. The van der Waals surface area contributed by atoms with Crippen LogP contribution in [0.25, 0.3) is 0 Å². The van der Waals surface area contributed by atoms with Gasteiger partial charge in [-0.1, -0.05) is 148 Å². The van der Waals surface area contributed by atoms with Crippen molar-refractivity contribution in [3.8, 4) is 0 Å². The minimum atomic E-state index is -0.975. The van der Waals surface area contributed by atoms with Gasteiger partial charge in [-0.2, -0.15) is 0 Å². The summed E-state index contributed by atoms with van der Waals surface area (Å²) in [5.41, 5.74) is -0.975. The average molecular weight is 1130 g/mol. The number of carbonyl (C=O) groups excluding carboxylic acids is 8. The predicted molar refractivity (Wildman–Crippen MR) is 319 cm³/mol. The lowest BCUT2D eigenvalue weighted by molar-refractivity contribution is -0.160. The largest absolute Gasteiger partial charge is 0.462 e. The number of nitrogens with one attached hydrogen (secondary N) is 2. The van der Waals surface area contributed by atoms with Gasteiger partial charge in [0.1, 0.15) is 43.3 Å². The number of ketones is 4. The molecule has 0 aromatic rings. The molecule has 80 heavy (non-hydrogen) atoms. The highest BCUT2D eigenvalue weighted by molar-refractivity contribution is 5.87. The van der Waals surface area contributed by atoms with Gasteiger partial charge in [0.05, 0.1) is 19.8 Å². The number of rotatable bonds is 60. The average Bonchev–Trinajstić information content (AvgIpc) is 3.47. The maximum absolute atomic E-state index is 13.5. The number of hydrogen-bond acceptors (Lipinski definition) is 13. The third-order valence-corrected chi connectivity index (χ3v) is 14.4. The fourth-order valence-electron chi connectivity index (χ4n) is 9.16. The minimum absolute atomic E-state index is 0.00295. The van der Waals surface area contributed by atoms with Crippen molar-refractivity contribution < 1.29 is 62.0 Å². The zero-order valence-electron chi connectivity index (χ0n) is 51.2. The molecule has 462 valence electrons. The van der Waals surface area contributed by atoms with Gasteiger partial charge in [-0.25, -0.2) is 0 Å². The second kappa shape index (κ2) is 55.5. The van der Waals surface area contributed by atoms with E-state index in [4.69, 9.17) is 23.7 Å². The lowest BCUT2D eigenvalue weighted by Crippen LogP contribution is -2.38. The summed E-state index contributed by atoms with van der Waals surface area (Å²) in [5, 5.41) is 5.03. The third-order valence-electron chi connectivity index (χ3n) is 14.4. The molecule has 0 aliphatic rings. The molecule has 0 bridgehead atoms. The smallest absolute Gasteiger partial charge is 0.306 e. The molecule has 0 heterocycles. The van der Waals surface area contributed by atoms with E-state index in [1.54, 1.807) is 6.92 Å². The molecule has 0 fully saturated rings. The fraction of sp³-hybridized carbons (Fsp3) is 0.815. The zero-order valence-corrected chi connectivity index (χ0v) is 51.2. The Hall–Kier alpha value is -4.08. The van der Waals surface area contributed by atoms with Gasteiger partial charge in [-0.3, -0.25) is 38.4 Å². The van der Waals surface area contributed by atoms with Gasteiger partial charge in [0.2, 0.25) is 11.8 Å². The first-order valence-electron chi connectivity index (χ1n) is 31.7. The van der Waals surface area contributed by atoms with E-state index < -0.39 is 11.5 Å². The first-order valence-corrected chi connectivity index (χ1v) is 31.7. The number of likely N-dealkylation sites (N-methyl/N-ethyl adjacent to an activating group) is 1. The molecule has 0 spiro atoms. The summed E-state index contributed by atoms with van der Waals surface area (Å²) in [7, 11) is 3.00. The van der Waals surface area contributed by atoms with Gasteiger partial charge in [0.15, 0.2) is 5.78 Å². The van der Waals surface area contributed by atoms with Crippen LogP contribution < -0.4 is 10.6 Å². The van der Waals surface area contributed by atoms with Gasteiger partial charge in [0, 0.05) is 90.3 Å². The molecule has 2 N–H and O–H groups in total. The number of ether oxygens (including phenoxy) is 5. The summed E-state index contributed by atoms with van der Waals surface area (Å²) >= 11 is 0. The number of Topliss-reactive ketones (excluding diaryl/α,β-unsaturated/α-hetero) is 4. The van der Waals surface area contributed by atoms with Crippen LogP contribution in [0.1, 0.15) is 271 Å². The molecule has 2 amide bonds. The van der Waals surface area contributed by atoms with Crippen LogP contribution in [0.4, 0.5) is 0 Å². The molecule has 0 aromatic heterocycles. The van der Waals surface area contributed by atoms with Crippen LogP contribution in [0.15, 0.2) is 24.3 Å². The van der Waals surface area contributed by atoms with Crippen LogP contribution in [-0.4, -0.2) is 113 Å². The SMILES string of the molecule is CCCCCCCC/C=C/CCCCCCCC(=O)OCC(CCC(=O)CCCC(=O)CCC(=O)CC(CCOCC(=O)CC)(COCCC(=O)NC)COCC(=O)NC)OC(=O)CCCCCCC/C=C/CCCCCCCC. The van der Waals surface area contributed by atoms with E-state index in [0.717, 1.165) is 83.5 Å². The summed E-state index contributed by atoms with van der Waals surface area (Å²) < 4.78 is 28.6. The number of unbranched alkanes of at least 4 members (excludes halogenated alkanes) is 22. The predicted octanol–water partition coefficient (Wildman–Crippen LogP) is 13.6. The van der Waals surface area contributed by atoms with Gasteiger partial charge < -0.3 is 34.3 Å². The standard InChI is InChI=1S/C65H114N2O13/c1-6-9-11-13-15-17-19-21-23-25-27-29-31-33-35-40-63(74)79-52-60(80-64(75)41-36-34-32-30-28-26-24-22-20-18-16-14-12-10-7-2)45-44-58(70)39-37-38-57(69)42-43-59(71)50-65(55-78-53-62(73)67-5,47-49-76-51-56(68)8-3)54-77-48-46-61(72)66-4/h21-24,60H,6-20,25-55H2,1-5H3,(H,66,72)(H,67,73)/b23-21+,24-22+. The first kappa shape index (κ1) is 75.9. The van der Waals surface area contributed by atoms with E-state index >= 15 is 0 Å². The monoisotopic (exact) mass is 1130 g/mol. The van der Waals surface area contributed by atoms with Gasteiger partial charge in [-0.05, 0) is 83.5 Å². The first-order chi connectivity index (χ1) is 38.8. The molecule has 2 unspecified atom stereocenters.